The number of allylic oxidation sites excluding steroid dienone is 2. The van der Waals surface area contributed by atoms with Crippen molar-refractivity contribution in [3.8, 4) is 0 Å². The highest BCUT2D eigenvalue weighted by Gasteiger charge is 2.60. The maximum absolute atomic E-state index is 12.9. The van der Waals surface area contributed by atoms with Gasteiger partial charge in [0.15, 0.2) is 0 Å². The van der Waals surface area contributed by atoms with Gasteiger partial charge in [0, 0.05) is 53.6 Å². The van der Waals surface area contributed by atoms with Gasteiger partial charge in [0.05, 0.1) is 0 Å². The first-order valence-corrected chi connectivity index (χ1v) is 12.9. The van der Waals surface area contributed by atoms with Gasteiger partial charge in [0.2, 0.25) is 11.8 Å². The molecule has 3 fully saturated rings. The van der Waals surface area contributed by atoms with Crippen molar-refractivity contribution in [3.63, 3.8) is 0 Å². The summed E-state index contributed by atoms with van der Waals surface area (Å²) < 4.78 is 0. The molecule has 1 aromatic heterocycles. The molecule has 1 aromatic rings. The largest absolute Gasteiger partial charge is 0.326 e. The molecule has 1 saturated heterocycles. The molecule has 33 heavy (non-hydrogen) atoms. The van der Waals surface area contributed by atoms with Crippen molar-refractivity contribution >= 4 is 29.1 Å². The van der Waals surface area contributed by atoms with E-state index in [1.165, 1.54) is 6.42 Å². The zero-order chi connectivity index (χ0) is 23.5. The van der Waals surface area contributed by atoms with Gasteiger partial charge in [-0.15, -0.1) is 0 Å². The Morgan fingerprint density at radius 3 is 2.79 bits per heavy atom. The number of pyridine rings is 1. The van der Waals surface area contributed by atoms with Crippen LogP contribution < -0.4 is 5.32 Å². The van der Waals surface area contributed by atoms with Crippen LogP contribution in [0.5, 0.6) is 0 Å². The monoisotopic (exact) mass is 469 g/mol. The minimum absolute atomic E-state index is 0.0152. The van der Waals surface area contributed by atoms with Gasteiger partial charge >= 0.3 is 0 Å². The Hall–Kier alpha value is -1.88. The van der Waals surface area contributed by atoms with Gasteiger partial charge in [-0.1, -0.05) is 25.4 Å². The fraction of sp³-hybridized carbons (Fsp3) is 0.667. The number of fused-ring (bicyclic) bond motifs is 5. The minimum atomic E-state index is -0.0152. The lowest BCUT2D eigenvalue weighted by atomic mass is 9.49. The van der Waals surface area contributed by atoms with E-state index in [4.69, 9.17) is 11.6 Å². The van der Waals surface area contributed by atoms with Crippen LogP contribution in [-0.4, -0.2) is 28.7 Å². The van der Waals surface area contributed by atoms with E-state index in [1.807, 2.05) is 31.0 Å². The summed E-state index contributed by atoms with van der Waals surface area (Å²) in [5, 5.41) is 3.99. The molecule has 1 aliphatic heterocycles. The van der Waals surface area contributed by atoms with Crippen molar-refractivity contribution in [2.75, 3.05) is 12.4 Å². The zero-order valence-electron chi connectivity index (χ0n) is 20.3. The Bertz CT molecular complexity index is 1020. The number of hydrogen-bond acceptors (Lipinski definition) is 3. The van der Waals surface area contributed by atoms with Gasteiger partial charge in [0.25, 0.3) is 0 Å². The van der Waals surface area contributed by atoms with Crippen molar-refractivity contribution in [1.82, 2.24) is 9.88 Å². The summed E-state index contributed by atoms with van der Waals surface area (Å²) in [7, 11) is 1.90. The third-order valence-electron chi connectivity index (χ3n) is 9.84. The van der Waals surface area contributed by atoms with E-state index < -0.39 is 0 Å². The van der Waals surface area contributed by atoms with Gasteiger partial charge in [-0.25, -0.2) is 0 Å². The lowest BCUT2D eigenvalue weighted by Gasteiger charge is -2.59. The Balaban J connectivity index is 1.35. The molecule has 4 aliphatic rings. The fourth-order valence-corrected chi connectivity index (χ4v) is 8.70. The van der Waals surface area contributed by atoms with Crippen LogP contribution in [0.25, 0.3) is 0 Å². The van der Waals surface area contributed by atoms with Crippen molar-refractivity contribution in [2.45, 2.75) is 72.1 Å². The van der Waals surface area contributed by atoms with Crippen molar-refractivity contribution in [3.05, 3.63) is 34.8 Å². The molecule has 6 atom stereocenters. The molecule has 1 N–H and O–H groups in total. The van der Waals surface area contributed by atoms with E-state index in [0.29, 0.717) is 36.5 Å². The van der Waals surface area contributed by atoms with Crippen LogP contribution in [0.1, 0.15) is 70.9 Å². The summed E-state index contributed by atoms with van der Waals surface area (Å²) in [6.45, 7) is 6.72. The third-order valence-corrected chi connectivity index (χ3v) is 10.2. The van der Waals surface area contributed by atoms with Crippen LogP contribution in [0, 0.1) is 41.4 Å². The molecule has 5 nitrogen and oxygen atoms in total. The number of likely N-dealkylation sites (tertiary alicyclic amines) is 1. The predicted octanol–water partition coefficient (Wildman–Crippen LogP) is 5.89. The highest BCUT2D eigenvalue weighted by atomic mass is 35.5. The van der Waals surface area contributed by atoms with Gasteiger partial charge < -0.3 is 10.2 Å². The number of rotatable bonds is 3. The van der Waals surface area contributed by atoms with Crippen LogP contribution in [0.3, 0.4) is 0 Å². The number of carbonyl (C=O) groups excluding carboxylic acids is 2. The number of piperidine rings is 1. The van der Waals surface area contributed by atoms with Gasteiger partial charge in [-0.05, 0) is 86.7 Å². The first kappa shape index (κ1) is 22.9. The lowest BCUT2D eigenvalue weighted by Crippen LogP contribution is -2.54. The molecule has 2 unspecified atom stereocenters. The molecule has 0 radical (unpaired) electrons. The summed E-state index contributed by atoms with van der Waals surface area (Å²) in [4.78, 5) is 31.4. The number of halogens is 1. The summed E-state index contributed by atoms with van der Waals surface area (Å²) in [6.07, 6.45) is 9.32. The standard InChI is InChI=1S/C27H36ClN3O2/c1-16-13-18(9-12-29-16)30-23(32)14-17-5-6-20-19-15-22(28)25-27(3,11-8-24(33)31(25)4)21(19)7-10-26(17,20)2/h9,12-13,17,19-21H,5-8,10-11,14-15H2,1-4H3,(H,29,30,32)/t17-,19?,20+,21?,26-,27-/m1/s1. The molecule has 0 bridgehead atoms. The molecule has 2 heterocycles. The number of nitrogens with zero attached hydrogens (tertiary/aromatic N) is 2. The Kier molecular flexibility index (Phi) is 5.63. The van der Waals surface area contributed by atoms with E-state index >= 15 is 0 Å². The quantitative estimate of drug-likeness (QED) is 0.600. The molecular weight excluding hydrogens is 434 g/mol. The second-order valence-corrected chi connectivity index (χ2v) is 11.9. The molecule has 2 amide bonds. The smallest absolute Gasteiger partial charge is 0.226 e. The van der Waals surface area contributed by atoms with E-state index in [0.717, 1.165) is 54.2 Å². The lowest BCUT2D eigenvalue weighted by molar-refractivity contribution is -0.136. The number of hydrogen-bond donors (Lipinski definition) is 1. The number of aromatic nitrogens is 1. The first-order valence-electron chi connectivity index (χ1n) is 12.5. The molecule has 3 aliphatic carbocycles. The van der Waals surface area contributed by atoms with Crippen molar-refractivity contribution in [2.24, 2.45) is 34.5 Å². The van der Waals surface area contributed by atoms with E-state index in [2.05, 4.69) is 24.1 Å². The number of anilines is 1. The SMILES string of the molecule is Cc1cc(NC(=O)C[C@H]2CC[C@H]3C4CC(Cl)=C5N(C)C(=O)CC[C@]5(C)C4CC[C@]23C)ccn1. The van der Waals surface area contributed by atoms with Gasteiger partial charge in [-0.2, -0.15) is 0 Å². The van der Waals surface area contributed by atoms with Crippen LogP contribution in [0.4, 0.5) is 5.69 Å². The highest BCUT2D eigenvalue weighted by molar-refractivity contribution is 6.30. The number of amides is 2. The van der Waals surface area contributed by atoms with E-state index in [-0.39, 0.29) is 22.6 Å². The Labute approximate surface area is 202 Å². The Morgan fingerprint density at radius 1 is 1.24 bits per heavy atom. The highest BCUT2D eigenvalue weighted by Crippen LogP contribution is 2.67. The van der Waals surface area contributed by atoms with Gasteiger partial charge in [0.1, 0.15) is 0 Å². The van der Waals surface area contributed by atoms with Crippen molar-refractivity contribution < 1.29 is 9.59 Å². The topological polar surface area (TPSA) is 62.3 Å². The molecule has 0 aromatic carbocycles. The summed E-state index contributed by atoms with van der Waals surface area (Å²) in [5.74, 6) is 2.40. The molecular formula is C27H36ClN3O2. The van der Waals surface area contributed by atoms with Crippen molar-refractivity contribution in [1.29, 1.82) is 0 Å². The number of carbonyl (C=O) groups is 2. The maximum atomic E-state index is 12.9. The van der Waals surface area contributed by atoms with Crippen LogP contribution in [0.15, 0.2) is 29.1 Å². The third kappa shape index (κ3) is 3.62. The van der Waals surface area contributed by atoms with Crippen LogP contribution >= 0.6 is 11.6 Å². The normalized spacial score (nSPS) is 38.0. The maximum Gasteiger partial charge on any atom is 0.226 e. The fourth-order valence-electron chi connectivity index (χ4n) is 8.18. The molecule has 5 rings (SSSR count). The van der Waals surface area contributed by atoms with Gasteiger partial charge in [-0.3, -0.25) is 14.6 Å². The molecule has 178 valence electrons. The zero-order valence-corrected chi connectivity index (χ0v) is 21.0. The van der Waals surface area contributed by atoms with Crippen LogP contribution in [0.2, 0.25) is 0 Å². The predicted molar refractivity (Wildman–Crippen MR) is 130 cm³/mol. The van der Waals surface area contributed by atoms with E-state index in [1.54, 1.807) is 6.20 Å². The molecule has 0 spiro atoms. The molecule has 6 heteroatoms. The average Bonchev–Trinajstić information content (AvgIpc) is 3.07. The number of aryl methyl sites for hydroxylation is 1. The second kappa shape index (κ2) is 8.11. The summed E-state index contributed by atoms with van der Waals surface area (Å²) >= 11 is 6.94. The van der Waals surface area contributed by atoms with E-state index in [9.17, 15) is 9.59 Å². The second-order valence-electron chi connectivity index (χ2n) is 11.5. The first-order chi connectivity index (χ1) is 15.6. The minimum Gasteiger partial charge on any atom is -0.326 e. The Morgan fingerprint density at radius 2 is 2.03 bits per heavy atom. The average molecular weight is 470 g/mol. The summed E-state index contributed by atoms with van der Waals surface area (Å²) in [5.41, 5.74) is 2.99. The molecule has 2 saturated carbocycles. The number of nitrogens with one attached hydrogen (secondary N) is 1. The summed E-state index contributed by atoms with van der Waals surface area (Å²) in [6, 6.07) is 3.78. The van der Waals surface area contributed by atoms with Crippen LogP contribution in [-0.2, 0) is 9.59 Å².